The summed E-state index contributed by atoms with van der Waals surface area (Å²) in [5.41, 5.74) is 3.45. The number of carbonyl (C=O) groups is 1. The second kappa shape index (κ2) is 9.47. The van der Waals surface area contributed by atoms with E-state index in [4.69, 9.17) is 4.74 Å². The number of ether oxygens (including phenoxy) is 1. The van der Waals surface area contributed by atoms with E-state index < -0.39 is 4.92 Å². The van der Waals surface area contributed by atoms with Gasteiger partial charge in [-0.05, 0) is 53.7 Å². The second-order valence-corrected chi connectivity index (χ2v) is 8.87. The first-order valence-corrected chi connectivity index (χ1v) is 11.6. The van der Waals surface area contributed by atoms with Gasteiger partial charge in [0.1, 0.15) is 5.75 Å². The first-order chi connectivity index (χ1) is 17.0. The van der Waals surface area contributed by atoms with Crippen LogP contribution in [0.1, 0.15) is 11.1 Å². The van der Waals surface area contributed by atoms with Crippen LogP contribution in [0.3, 0.4) is 0 Å². The smallest absolute Gasteiger partial charge is 0.269 e. The fraction of sp³-hybridized carbons (Fsp3) is 0.0769. The predicted octanol–water partition coefficient (Wildman–Crippen LogP) is 5.50. The molecule has 3 aromatic carbocycles. The molecule has 2 heterocycles. The zero-order chi connectivity index (χ0) is 24.4. The van der Waals surface area contributed by atoms with Crippen molar-refractivity contribution < 1.29 is 14.5 Å². The van der Waals surface area contributed by atoms with Crippen LogP contribution in [0.2, 0.25) is 0 Å². The van der Waals surface area contributed by atoms with Crippen LogP contribution < -0.4 is 10.1 Å². The van der Waals surface area contributed by atoms with Gasteiger partial charge < -0.3 is 14.6 Å². The maximum atomic E-state index is 12.6. The third kappa shape index (κ3) is 4.80. The number of nitro benzene ring substituents is 1. The third-order valence-corrected chi connectivity index (χ3v) is 6.44. The molecule has 1 aliphatic rings. The van der Waals surface area contributed by atoms with E-state index in [1.807, 2.05) is 71.4 Å². The number of nitro groups is 1. The van der Waals surface area contributed by atoms with Crippen LogP contribution >= 0.6 is 11.8 Å². The number of aliphatic imine (C=N–C) groups is 1. The lowest BCUT2D eigenvalue weighted by Gasteiger charge is -2.05. The van der Waals surface area contributed by atoms with E-state index in [1.165, 1.54) is 17.8 Å². The highest BCUT2D eigenvalue weighted by atomic mass is 32.2. The van der Waals surface area contributed by atoms with Crippen molar-refractivity contribution >= 4 is 51.2 Å². The molecule has 1 aliphatic heterocycles. The second-order valence-electron chi connectivity index (χ2n) is 7.84. The van der Waals surface area contributed by atoms with Crippen molar-refractivity contribution in [2.45, 2.75) is 6.54 Å². The number of hydrogen-bond donors (Lipinski definition) is 1. The summed E-state index contributed by atoms with van der Waals surface area (Å²) in [6.45, 7) is 0.467. The maximum absolute atomic E-state index is 12.6. The Labute approximate surface area is 205 Å². The average Bonchev–Trinajstić information content (AvgIpc) is 3.39. The Bertz CT molecular complexity index is 1510. The van der Waals surface area contributed by atoms with Crippen molar-refractivity contribution in [1.29, 1.82) is 0 Å². The lowest BCUT2D eigenvalue weighted by molar-refractivity contribution is -0.384. The number of amides is 1. The molecular weight excluding hydrogens is 464 g/mol. The number of fused-ring (bicyclic) bond motifs is 1. The normalized spacial score (nSPS) is 15.6. The highest BCUT2D eigenvalue weighted by molar-refractivity contribution is 8.18. The molecule has 1 aromatic heterocycles. The number of non-ortho nitro benzene ring substituents is 1. The van der Waals surface area contributed by atoms with Gasteiger partial charge in [-0.2, -0.15) is 0 Å². The van der Waals surface area contributed by atoms with Crippen molar-refractivity contribution in [3.05, 3.63) is 105 Å². The molecule has 174 valence electrons. The van der Waals surface area contributed by atoms with Gasteiger partial charge >= 0.3 is 0 Å². The van der Waals surface area contributed by atoms with Crippen LogP contribution in [0.5, 0.6) is 5.75 Å². The summed E-state index contributed by atoms with van der Waals surface area (Å²) in [6.07, 6.45) is 3.81. The minimum absolute atomic E-state index is 0.0593. The Morgan fingerprint density at radius 2 is 1.91 bits per heavy atom. The fourth-order valence-corrected chi connectivity index (χ4v) is 4.71. The molecule has 8 nitrogen and oxygen atoms in total. The van der Waals surface area contributed by atoms with Crippen molar-refractivity contribution in [2.75, 3.05) is 7.11 Å². The number of benzene rings is 3. The zero-order valence-electron chi connectivity index (χ0n) is 18.7. The van der Waals surface area contributed by atoms with Gasteiger partial charge in [0.05, 0.1) is 22.6 Å². The summed E-state index contributed by atoms with van der Waals surface area (Å²) in [5, 5.41) is 15.5. The van der Waals surface area contributed by atoms with E-state index >= 15 is 0 Å². The molecule has 0 unspecified atom stereocenters. The Kier molecular flexibility index (Phi) is 6.07. The van der Waals surface area contributed by atoms with Crippen molar-refractivity contribution in [3.8, 4) is 5.75 Å². The highest BCUT2D eigenvalue weighted by Gasteiger charge is 2.24. The summed E-state index contributed by atoms with van der Waals surface area (Å²) >= 11 is 1.28. The number of thioether (sulfide) groups is 1. The highest BCUT2D eigenvalue weighted by Crippen LogP contribution is 2.31. The predicted molar refractivity (Wildman–Crippen MR) is 138 cm³/mol. The number of carbonyl (C=O) groups excluding carboxylic acids is 1. The van der Waals surface area contributed by atoms with Gasteiger partial charge in [0, 0.05) is 41.3 Å². The van der Waals surface area contributed by atoms with Crippen LogP contribution in [-0.2, 0) is 11.3 Å². The Morgan fingerprint density at radius 1 is 1.11 bits per heavy atom. The number of aromatic nitrogens is 1. The number of nitrogens with one attached hydrogen (secondary N) is 1. The van der Waals surface area contributed by atoms with Gasteiger partial charge in [-0.1, -0.05) is 30.3 Å². The molecule has 1 saturated heterocycles. The first kappa shape index (κ1) is 22.4. The van der Waals surface area contributed by atoms with Crippen LogP contribution in [0, 0.1) is 10.1 Å². The number of methoxy groups -OCH3 is 1. The van der Waals surface area contributed by atoms with E-state index in [2.05, 4.69) is 10.3 Å². The van der Waals surface area contributed by atoms with Gasteiger partial charge in [0.15, 0.2) is 5.17 Å². The maximum Gasteiger partial charge on any atom is 0.269 e. The molecule has 0 atom stereocenters. The van der Waals surface area contributed by atoms with Gasteiger partial charge in [0.25, 0.3) is 11.6 Å². The molecule has 0 aliphatic carbocycles. The van der Waals surface area contributed by atoms with Crippen LogP contribution in [-0.4, -0.2) is 27.7 Å². The van der Waals surface area contributed by atoms with Gasteiger partial charge in [-0.15, -0.1) is 0 Å². The lowest BCUT2D eigenvalue weighted by Crippen LogP contribution is -2.19. The number of para-hydroxylation sites is 1. The Morgan fingerprint density at radius 3 is 2.69 bits per heavy atom. The van der Waals surface area contributed by atoms with E-state index in [0.29, 0.717) is 22.3 Å². The van der Waals surface area contributed by atoms with E-state index in [0.717, 1.165) is 27.8 Å². The summed E-state index contributed by atoms with van der Waals surface area (Å²) < 4.78 is 7.20. The SMILES string of the molecule is COc1ccc(N=C2NC(=O)/C(=C\c3cn(Cc4cccc([N+](=O)[O-])c4)c4ccccc34)S2)cc1. The quantitative estimate of drug-likeness (QED) is 0.221. The van der Waals surface area contributed by atoms with Gasteiger partial charge in [-0.3, -0.25) is 14.9 Å². The van der Waals surface area contributed by atoms with Crippen LogP contribution in [0.15, 0.2) is 88.9 Å². The summed E-state index contributed by atoms with van der Waals surface area (Å²) in [7, 11) is 1.60. The molecule has 9 heteroatoms. The molecule has 1 N–H and O–H groups in total. The molecule has 1 amide bonds. The molecule has 0 bridgehead atoms. The molecule has 1 fully saturated rings. The van der Waals surface area contributed by atoms with E-state index in [9.17, 15) is 14.9 Å². The minimum Gasteiger partial charge on any atom is -0.497 e. The van der Waals surface area contributed by atoms with Crippen molar-refractivity contribution in [3.63, 3.8) is 0 Å². The molecule has 0 radical (unpaired) electrons. The largest absolute Gasteiger partial charge is 0.497 e. The topological polar surface area (TPSA) is 98.8 Å². The Balaban J connectivity index is 1.44. The zero-order valence-corrected chi connectivity index (χ0v) is 19.5. The molecule has 35 heavy (non-hydrogen) atoms. The summed E-state index contributed by atoms with van der Waals surface area (Å²) in [5.74, 6) is 0.525. The van der Waals surface area contributed by atoms with Crippen molar-refractivity contribution in [2.24, 2.45) is 4.99 Å². The monoisotopic (exact) mass is 484 g/mol. The summed E-state index contributed by atoms with van der Waals surface area (Å²) in [4.78, 5) is 28.5. The first-order valence-electron chi connectivity index (χ1n) is 10.7. The molecular formula is C26H20N4O4S. The molecule has 5 rings (SSSR count). The number of hydrogen-bond acceptors (Lipinski definition) is 6. The third-order valence-electron chi connectivity index (χ3n) is 5.53. The standard InChI is InChI=1S/C26H20N4O4S/c1-34-21-11-9-19(10-12-21)27-26-28-25(31)24(35-26)14-18-16-29(23-8-3-2-7-22(18)23)15-17-5-4-6-20(13-17)30(32)33/h2-14,16H,15H2,1H3,(H,27,28,31)/b24-14+. The van der Waals surface area contributed by atoms with Crippen LogP contribution in [0.25, 0.3) is 17.0 Å². The Hall–Kier alpha value is -4.37. The van der Waals surface area contributed by atoms with E-state index in [-0.39, 0.29) is 11.6 Å². The van der Waals surface area contributed by atoms with Crippen molar-refractivity contribution in [1.82, 2.24) is 9.88 Å². The van der Waals surface area contributed by atoms with Crippen LogP contribution in [0.4, 0.5) is 11.4 Å². The average molecular weight is 485 g/mol. The van der Waals surface area contributed by atoms with Gasteiger partial charge in [0.2, 0.25) is 0 Å². The minimum atomic E-state index is -0.395. The fourth-order valence-electron chi connectivity index (χ4n) is 3.88. The summed E-state index contributed by atoms with van der Waals surface area (Å²) in [6, 6.07) is 21.8. The van der Waals surface area contributed by atoms with E-state index in [1.54, 1.807) is 19.2 Å². The lowest BCUT2D eigenvalue weighted by atomic mass is 10.1. The number of nitrogens with zero attached hydrogens (tertiary/aromatic N) is 3. The molecule has 4 aromatic rings. The number of amidine groups is 1. The molecule has 0 spiro atoms. The number of rotatable bonds is 6. The molecule has 0 saturated carbocycles. The van der Waals surface area contributed by atoms with Gasteiger partial charge in [-0.25, -0.2) is 4.99 Å².